The van der Waals surface area contributed by atoms with E-state index in [1.807, 2.05) is 11.0 Å². The van der Waals surface area contributed by atoms with E-state index in [0.717, 1.165) is 51.6 Å². The van der Waals surface area contributed by atoms with Crippen molar-refractivity contribution in [1.29, 1.82) is 0 Å². The van der Waals surface area contributed by atoms with Gasteiger partial charge >= 0.3 is 6.03 Å². The van der Waals surface area contributed by atoms with Gasteiger partial charge in [-0.15, -0.1) is 6.58 Å². The van der Waals surface area contributed by atoms with Gasteiger partial charge in [0.05, 0.1) is 0 Å². The van der Waals surface area contributed by atoms with Crippen molar-refractivity contribution < 1.29 is 4.79 Å². The number of amides is 2. The normalized spacial score (nSPS) is 22.3. The van der Waals surface area contributed by atoms with Gasteiger partial charge in [0.25, 0.3) is 0 Å². The lowest BCUT2D eigenvalue weighted by Crippen LogP contribution is -2.51. The summed E-state index contributed by atoms with van der Waals surface area (Å²) in [4.78, 5) is 14.3. The van der Waals surface area contributed by atoms with Crippen molar-refractivity contribution in [3.63, 3.8) is 0 Å². The van der Waals surface area contributed by atoms with Crippen LogP contribution in [0.3, 0.4) is 0 Å². The number of urea groups is 1. The number of hydrogen-bond acceptors (Lipinski definition) is 2. The molecule has 2 fully saturated rings. The summed E-state index contributed by atoms with van der Waals surface area (Å²) in [5.41, 5.74) is 0. The minimum absolute atomic E-state index is 0.157. The Labute approximate surface area is 135 Å². The van der Waals surface area contributed by atoms with Crippen molar-refractivity contribution in [3.05, 3.63) is 12.7 Å². The molecule has 0 radical (unpaired) electrons. The topological polar surface area (TPSA) is 44.4 Å². The van der Waals surface area contributed by atoms with E-state index in [1.54, 1.807) is 0 Å². The minimum atomic E-state index is 0.157. The second-order valence-electron chi connectivity index (χ2n) is 6.98. The number of carbonyl (C=O) groups is 1. The molecule has 0 bridgehead atoms. The predicted octanol–water partition coefficient (Wildman–Crippen LogP) is 3.44. The molecule has 0 aromatic carbocycles. The molecular weight excluding hydrogens is 274 g/mol. The van der Waals surface area contributed by atoms with Crippen LogP contribution in [0.1, 0.15) is 64.7 Å². The van der Waals surface area contributed by atoms with Crippen molar-refractivity contribution in [2.75, 3.05) is 13.1 Å². The van der Waals surface area contributed by atoms with E-state index in [1.165, 1.54) is 19.3 Å². The van der Waals surface area contributed by atoms with Crippen LogP contribution >= 0.6 is 0 Å². The molecule has 0 aromatic heterocycles. The Balaban J connectivity index is 1.65. The van der Waals surface area contributed by atoms with Crippen molar-refractivity contribution in [2.45, 2.75) is 82.8 Å². The number of piperidine rings is 1. The fourth-order valence-corrected chi connectivity index (χ4v) is 3.62. The molecule has 1 aliphatic heterocycles. The lowest BCUT2D eigenvalue weighted by molar-refractivity contribution is 0.168. The van der Waals surface area contributed by atoms with Gasteiger partial charge in [-0.2, -0.15) is 0 Å². The van der Waals surface area contributed by atoms with E-state index in [9.17, 15) is 4.79 Å². The minimum Gasteiger partial charge on any atom is -0.335 e. The second kappa shape index (κ2) is 9.19. The van der Waals surface area contributed by atoms with Crippen LogP contribution < -0.4 is 10.6 Å². The largest absolute Gasteiger partial charge is 0.335 e. The first kappa shape index (κ1) is 17.3. The van der Waals surface area contributed by atoms with Crippen molar-refractivity contribution in [2.24, 2.45) is 0 Å². The molecule has 2 N–H and O–H groups in total. The van der Waals surface area contributed by atoms with Gasteiger partial charge in [0.15, 0.2) is 0 Å². The Bertz CT molecular complexity index is 344. The van der Waals surface area contributed by atoms with Crippen LogP contribution in [0.5, 0.6) is 0 Å². The van der Waals surface area contributed by atoms with E-state index >= 15 is 0 Å². The quantitative estimate of drug-likeness (QED) is 0.738. The molecule has 0 unspecified atom stereocenters. The highest BCUT2D eigenvalue weighted by molar-refractivity contribution is 5.74. The number of likely N-dealkylation sites (tertiary alicyclic amines) is 1. The molecule has 1 heterocycles. The molecule has 4 nitrogen and oxygen atoms in total. The summed E-state index contributed by atoms with van der Waals surface area (Å²) >= 11 is 0. The van der Waals surface area contributed by atoms with Crippen LogP contribution in [0.15, 0.2) is 12.7 Å². The van der Waals surface area contributed by atoms with E-state index in [4.69, 9.17) is 0 Å². The molecule has 4 heteroatoms. The first-order chi connectivity index (χ1) is 10.7. The fraction of sp³-hybridized carbons (Fsp3) is 0.833. The maximum Gasteiger partial charge on any atom is 0.317 e. The molecule has 1 saturated carbocycles. The van der Waals surface area contributed by atoms with Crippen molar-refractivity contribution in [1.82, 2.24) is 15.5 Å². The fourth-order valence-electron chi connectivity index (χ4n) is 3.62. The third-order valence-electron chi connectivity index (χ3n) is 5.04. The maximum absolute atomic E-state index is 12.3. The summed E-state index contributed by atoms with van der Waals surface area (Å²) < 4.78 is 0. The molecule has 1 saturated heterocycles. The van der Waals surface area contributed by atoms with Gasteiger partial charge in [-0.1, -0.05) is 25.3 Å². The number of hydrogen-bond donors (Lipinski definition) is 2. The van der Waals surface area contributed by atoms with Gasteiger partial charge in [0.1, 0.15) is 0 Å². The first-order valence-electron chi connectivity index (χ1n) is 9.11. The molecule has 0 aromatic rings. The number of rotatable bonds is 6. The molecular formula is C18H33N3O. The zero-order chi connectivity index (χ0) is 15.8. The molecule has 1 atom stereocenters. The SMILES string of the molecule is C=CCC[C@H](C)NC1CCN(C(=O)NC2CCCCC2)CC1. The van der Waals surface area contributed by atoms with Gasteiger partial charge in [-0.3, -0.25) is 0 Å². The third-order valence-corrected chi connectivity index (χ3v) is 5.04. The van der Waals surface area contributed by atoms with Crippen molar-refractivity contribution in [3.8, 4) is 0 Å². The smallest absolute Gasteiger partial charge is 0.317 e. The zero-order valence-electron chi connectivity index (χ0n) is 14.2. The Kier molecular flexibility index (Phi) is 7.23. The lowest BCUT2D eigenvalue weighted by atomic mass is 9.95. The average molecular weight is 307 g/mol. The summed E-state index contributed by atoms with van der Waals surface area (Å²) in [5.74, 6) is 0. The molecule has 2 rings (SSSR count). The number of nitrogens with zero attached hydrogens (tertiary/aromatic N) is 1. The Morgan fingerprint density at radius 1 is 1.18 bits per heavy atom. The van der Waals surface area contributed by atoms with E-state index in [2.05, 4.69) is 24.1 Å². The Morgan fingerprint density at radius 3 is 2.50 bits per heavy atom. The van der Waals surface area contributed by atoms with Crippen LogP contribution in [-0.2, 0) is 0 Å². The summed E-state index contributed by atoms with van der Waals surface area (Å²) in [7, 11) is 0. The van der Waals surface area contributed by atoms with E-state index in [0.29, 0.717) is 18.1 Å². The van der Waals surface area contributed by atoms with Crippen LogP contribution in [0.25, 0.3) is 0 Å². The number of nitrogens with one attached hydrogen (secondary N) is 2. The highest BCUT2D eigenvalue weighted by Gasteiger charge is 2.25. The monoisotopic (exact) mass is 307 g/mol. The van der Waals surface area contributed by atoms with Gasteiger partial charge < -0.3 is 15.5 Å². The van der Waals surface area contributed by atoms with E-state index in [-0.39, 0.29) is 6.03 Å². The van der Waals surface area contributed by atoms with Crippen LogP contribution in [0.4, 0.5) is 4.79 Å². The molecule has 126 valence electrons. The van der Waals surface area contributed by atoms with Gasteiger partial charge in [-0.05, 0) is 45.4 Å². The van der Waals surface area contributed by atoms with Gasteiger partial charge in [0, 0.05) is 31.2 Å². The van der Waals surface area contributed by atoms with Gasteiger partial charge in [0.2, 0.25) is 0 Å². The number of carbonyl (C=O) groups excluding carboxylic acids is 1. The predicted molar refractivity (Wildman–Crippen MR) is 92.0 cm³/mol. The molecule has 1 aliphatic carbocycles. The van der Waals surface area contributed by atoms with E-state index < -0.39 is 0 Å². The highest BCUT2D eigenvalue weighted by atomic mass is 16.2. The zero-order valence-corrected chi connectivity index (χ0v) is 14.2. The summed E-state index contributed by atoms with van der Waals surface area (Å²) in [6.45, 7) is 7.78. The Morgan fingerprint density at radius 2 is 1.86 bits per heavy atom. The Hall–Kier alpha value is -1.03. The molecule has 22 heavy (non-hydrogen) atoms. The summed E-state index contributed by atoms with van der Waals surface area (Å²) in [6, 6.07) is 1.66. The van der Waals surface area contributed by atoms with Crippen molar-refractivity contribution >= 4 is 6.03 Å². The molecule has 2 amide bonds. The number of allylic oxidation sites excluding steroid dienone is 1. The first-order valence-corrected chi connectivity index (χ1v) is 9.11. The van der Waals surface area contributed by atoms with Crippen LogP contribution in [-0.4, -0.2) is 42.1 Å². The highest BCUT2D eigenvalue weighted by Crippen LogP contribution is 2.18. The second-order valence-corrected chi connectivity index (χ2v) is 6.98. The summed E-state index contributed by atoms with van der Waals surface area (Å²) in [5, 5.41) is 6.92. The summed E-state index contributed by atoms with van der Waals surface area (Å²) in [6.07, 6.45) is 12.5. The standard InChI is InChI=1S/C18H33N3O/c1-3-4-8-15(2)19-17-11-13-21(14-12-17)18(22)20-16-9-6-5-7-10-16/h3,15-17,19H,1,4-14H2,2H3,(H,20,22)/t15-/m0/s1. The molecule has 2 aliphatic rings. The van der Waals surface area contributed by atoms with Gasteiger partial charge in [-0.25, -0.2) is 4.79 Å². The van der Waals surface area contributed by atoms with Crippen LogP contribution in [0, 0.1) is 0 Å². The lowest BCUT2D eigenvalue weighted by Gasteiger charge is -2.35. The third kappa shape index (κ3) is 5.64. The average Bonchev–Trinajstić information content (AvgIpc) is 2.54. The van der Waals surface area contributed by atoms with Crippen LogP contribution in [0.2, 0.25) is 0 Å². The molecule has 0 spiro atoms. The maximum atomic E-state index is 12.3.